The van der Waals surface area contributed by atoms with Gasteiger partial charge in [0.15, 0.2) is 0 Å². The number of hydrogen-bond donors (Lipinski definition) is 0. The maximum Gasteiger partial charge on any atom is 0.242 e. The maximum absolute atomic E-state index is 12.9. The van der Waals surface area contributed by atoms with Crippen molar-refractivity contribution in [3.05, 3.63) is 83.9 Å². The van der Waals surface area contributed by atoms with E-state index in [1.807, 2.05) is 0 Å². The van der Waals surface area contributed by atoms with Crippen LogP contribution in [0.5, 0.6) is 5.75 Å². The van der Waals surface area contributed by atoms with Crippen LogP contribution in [0.2, 0.25) is 0 Å². The van der Waals surface area contributed by atoms with Crippen LogP contribution in [-0.4, -0.2) is 40.0 Å². The molecule has 1 aliphatic rings. The summed E-state index contributed by atoms with van der Waals surface area (Å²) in [6.07, 6.45) is 2.74. The van der Waals surface area contributed by atoms with Gasteiger partial charge in [-0.3, -0.25) is 0 Å². The third-order valence-electron chi connectivity index (χ3n) is 5.85. The second-order valence-corrected chi connectivity index (χ2v) is 9.81. The van der Waals surface area contributed by atoms with Crippen LogP contribution in [0.4, 0.5) is 11.4 Å². The van der Waals surface area contributed by atoms with Crippen molar-refractivity contribution in [3.8, 4) is 5.75 Å². The lowest BCUT2D eigenvalue weighted by Gasteiger charge is -2.28. The molecule has 0 aromatic heterocycles. The van der Waals surface area contributed by atoms with Gasteiger partial charge >= 0.3 is 0 Å². The van der Waals surface area contributed by atoms with E-state index in [2.05, 4.69) is 53.4 Å². The van der Waals surface area contributed by atoms with Crippen LogP contribution in [0.15, 0.2) is 77.7 Å². The summed E-state index contributed by atoms with van der Waals surface area (Å²) < 4.78 is 32.4. The highest BCUT2D eigenvalue weighted by atomic mass is 32.2. The molecule has 0 bridgehead atoms. The lowest BCUT2D eigenvalue weighted by Crippen LogP contribution is -2.30. The van der Waals surface area contributed by atoms with Gasteiger partial charge < -0.3 is 9.64 Å². The number of hydrogen-bond acceptors (Lipinski definition) is 4. The van der Waals surface area contributed by atoms with Crippen LogP contribution < -0.4 is 9.64 Å². The number of methoxy groups -OCH3 is 1. The molecule has 5 nitrogen and oxygen atoms in total. The van der Waals surface area contributed by atoms with Gasteiger partial charge in [0, 0.05) is 31.5 Å². The Morgan fingerprint density at radius 1 is 0.871 bits per heavy atom. The third kappa shape index (κ3) is 4.45. The standard InChI is InChI=1S/C25H28N2O3S/c1-26(31(28,29)23-16-14-22(30-2)15-17-23)18-7-19-27-24-10-5-3-8-20(24)12-13-21-9-4-6-11-25(21)27/h3-6,8-11,14-17H,7,12-13,18-19H2,1-2H3. The molecule has 3 aromatic carbocycles. The fourth-order valence-corrected chi connectivity index (χ4v) is 5.32. The third-order valence-corrected chi connectivity index (χ3v) is 7.72. The molecule has 0 amide bonds. The smallest absolute Gasteiger partial charge is 0.242 e. The number of rotatable bonds is 7. The zero-order valence-electron chi connectivity index (χ0n) is 18.0. The first kappa shape index (κ1) is 21.4. The van der Waals surface area contributed by atoms with Gasteiger partial charge in [-0.25, -0.2) is 12.7 Å². The van der Waals surface area contributed by atoms with Gasteiger partial charge in [-0.2, -0.15) is 0 Å². The molecule has 0 saturated heterocycles. The van der Waals surface area contributed by atoms with Crippen LogP contribution in [0.3, 0.4) is 0 Å². The number of anilines is 2. The van der Waals surface area contributed by atoms with Gasteiger partial charge in [0.25, 0.3) is 0 Å². The first-order valence-electron chi connectivity index (χ1n) is 10.5. The second kappa shape index (κ2) is 9.12. The van der Waals surface area contributed by atoms with E-state index < -0.39 is 10.0 Å². The highest BCUT2D eigenvalue weighted by molar-refractivity contribution is 7.89. The fraction of sp³-hybridized carbons (Fsp3) is 0.280. The number of nitrogens with zero attached hydrogens (tertiary/aromatic N) is 2. The average Bonchev–Trinajstić information content (AvgIpc) is 2.96. The molecule has 0 saturated carbocycles. The molecule has 4 rings (SSSR count). The average molecular weight is 437 g/mol. The molecule has 31 heavy (non-hydrogen) atoms. The molecule has 1 aliphatic heterocycles. The van der Waals surface area contributed by atoms with Crippen molar-refractivity contribution in [2.24, 2.45) is 0 Å². The van der Waals surface area contributed by atoms with Crippen LogP contribution in [0.25, 0.3) is 0 Å². The van der Waals surface area contributed by atoms with Crippen molar-refractivity contribution in [1.29, 1.82) is 0 Å². The summed E-state index contributed by atoms with van der Waals surface area (Å²) in [5.41, 5.74) is 5.09. The Hall–Kier alpha value is -2.83. The number of para-hydroxylation sites is 2. The van der Waals surface area contributed by atoms with E-state index in [1.54, 1.807) is 38.4 Å². The Bertz CT molecular complexity index is 1100. The Balaban J connectivity index is 1.50. The van der Waals surface area contributed by atoms with Crippen molar-refractivity contribution in [2.45, 2.75) is 24.2 Å². The molecule has 0 aliphatic carbocycles. The van der Waals surface area contributed by atoms with Gasteiger partial charge in [0.2, 0.25) is 10.0 Å². The van der Waals surface area contributed by atoms with Crippen molar-refractivity contribution in [1.82, 2.24) is 4.31 Å². The van der Waals surface area contributed by atoms with Gasteiger partial charge in [-0.15, -0.1) is 0 Å². The molecule has 0 N–H and O–H groups in total. The molecule has 1 heterocycles. The van der Waals surface area contributed by atoms with Crippen molar-refractivity contribution in [3.63, 3.8) is 0 Å². The first-order chi connectivity index (χ1) is 15.0. The summed E-state index contributed by atoms with van der Waals surface area (Å²) in [4.78, 5) is 2.62. The normalized spacial score (nSPS) is 13.5. The monoisotopic (exact) mass is 436 g/mol. The van der Waals surface area contributed by atoms with Gasteiger partial charge in [-0.05, 0) is 66.8 Å². The number of fused-ring (bicyclic) bond motifs is 2. The van der Waals surface area contributed by atoms with E-state index in [-0.39, 0.29) is 4.90 Å². The minimum absolute atomic E-state index is 0.279. The zero-order valence-corrected chi connectivity index (χ0v) is 18.8. The molecular formula is C25H28N2O3S. The van der Waals surface area contributed by atoms with E-state index in [0.29, 0.717) is 18.7 Å². The summed E-state index contributed by atoms with van der Waals surface area (Å²) in [5, 5.41) is 0. The van der Waals surface area contributed by atoms with Gasteiger partial charge in [0.1, 0.15) is 5.75 Å². The topological polar surface area (TPSA) is 49.9 Å². The Morgan fingerprint density at radius 3 is 1.97 bits per heavy atom. The van der Waals surface area contributed by atoms with E-state index in [4.69, 9.17) is 4.74 Å². The minimum atomic E-state index is -3.54. The van der Waals surface area contributed by atoms with E-state index in [9.17, 15) is 8.42 Å². The van der Waals surface area contributed by atoms with Crippen LogP contribution in [0, 0.1) is 0 Å². The van der Waals surface area contributed by atoms with Crippen LogP contribution in [-0.2, 0) is 22.9 Å². The van der Waals surface area contributed by atoms with E-state index >= 15 is 0 Å². The molecule has 0 unspecified atom stereocenters. The predicted octanol–water partition coefficient (Wildman–Crippen LogP) is 4.64. The molecule has 0 radical (unpaired) electrons. The highest BCUT2D eigenvalue weighted by Crippen LogP contribution is 2.35. The minimum Gasteiger partial charge on any atom is -0.497 e. The summed E-state index contributed by atoms with van der Waals surface area (Å²) in [5.74, 6) is 0.639. The van der Waals surface area contributed by atoms with Crippen molar-refractivity contribution < 1.29 is 13.2 Å². The largest absolute Gasteiger partial charge is 0.497 e. The SMILES string of the molecule is COc1ccc(S(=O)(=O)N(C)CCCN2c3ccccc3CCc3ccccc32)cc1. The molecular weight excluding hydrogens is 408 g/mol. The quantitative estimate of drug-likeness (QED) is 0.541. The summed E-state index contributed by atoms with van der Waals surface area (Å²) in [7, 11) is -0.329. The molecule has 0 fully saturated rings. The fourth-order valence-electron chi connectivity index (χ4n) is 4.11. The lowest BCUT2D eigenvalue weighted by atomic mass is 10.0. The summed E-state index contributed by atoms with van der Waals surface area (Å²) >= 11 is 0. The first-order valence-corrected chi connectivity index (χ1v) is 12.0. The number of benzene rings is 3. The van der Waals surface area contributed by atoms with E-state index in [1.165, 1.54) is 26.8 Å². The Labute approximate surface area is 184 Å². The van der Waals surface area contributed by atoms with E-state index in [0.717, 1.165) is 19.4 Å². The number of sulfonamides is 1. The predicted molar refractivity (Wildman–Crippen MR) is 125 cm³/mol. The summed E-state index contributed by atoms with van der Waals surface area (Å²) in [6, 6.07) is 23.5. The van der Waals surface area contributed by atoms with Crippen LogP contribution >= 0.6 is 0 Å². The van der Waals surface area contributed by atoms with Gasteiger partial charge in [-0.1, -0.05) is 36.4 Å². The molecule has 6 heteroatoms. The molecule has 0 spiro atoms. The number of aryl methyl sites for hydroxylation is 2. The highest BCUT2D eigenvalue weighted by Gasteiger charge is 2.23. The zero-order chi connectivity index (χ0) is 21.8. The molecule has 162 valence electrons. The Kier molecular flexibility index (Phi) is 6.30. The molecule has 0 atom stereocenters. The summed E-state index contributed by atoms with van der Waals surface area (Å²) in [6.45, 7) is 1.19. The lowest BCUT2D eigenvalue weighted by molar-refractivity contribution is 0.414. The Morgan fingerprint density at radius 2 is 1.42 bits per heavy atom. The van der Waals surface area contributed by atoms with Crippen molar-refractivity contribution >= 4 is 21.4 Å². The van der Waals surface area contributed by atoms with Crippen LogP contribution in [0.1, 0.15) is 17.5 Å². The van der Waals surface area contributed by atoms with Gasteiger partial charge in [0.05, 0.1) is 12.0 Å². The van der Waals surface area contributed by atoms with Crippen molar-refractivity contribution in [2.75, 3.05) is 32.1 Å². The maximum atomic E-state index is 12.9. The molecule has 3 aromatic rings. The second-order valence-electron chi connectivity index (χ2n) is 7.76. The number of ether oxygens (including phenoxy) is 1.